The predicted octanol–water partition coefficient (Wildman–Crippen LogP) is 14.5. The molecule has 0 fully saturated rings. The fourth-order valence-electron chi connectivity index (χ4n) is 6.74. The van der Waals surface area contributed by atoms with Crippen molar-refractivity contribution in [3.8, 4) is 0 Å². The number of carbonyl (C=O) groups excluding carboxylic acids is 1. The number of aliphatic hydroxyl groups is 1. The molecule has 9 heteroatoms. The molecular weight excluding hydrogens is 816 g/mol. The van der Waals surface area contributed by atoms with Gasteiger partial charge < -0.3 is 28.8 Å². The molecule has 0 radical (unpaired) electrons. The summed E-state index contributed by atoms with van der Waals surface area (Å²) in [5, 5.41) is 13.8. The molecule has 368 valence electrons. The van der Waals surface area contributed by atoms with Gasteiger partial charge in [0.15, 0.2) is 0 Å². The fraction of sp³-hybridized carbons (Fsp3) is 0.691. The molecule has 1 amide bonds. The number of nitrogens with zero attached hydrogens (tertiary/aromatic N) is 1. The standard InChI is InChI=1S/C55H97N2O6P/c1-6-8-10-12-14-16-18-20-22-24-26-28-30-32-34-36-38-40-42-44-46-48-54(58)53(52-63-64(60,61)62-51-50-57(3,4)5)56-55(59)49-47-45-43-41-39-37-35-33-31-29-27-25-23-21-19-17-15-13-11-9-7-2/h9,11,15,17,21,23,27,29-30,32-33,35,38,40,46,48,53-54,58H,6-8,10,12-14,16,18-20,22,24-26,28,31,34,36-37,39,41-45,47,49-52H2,1-5H3,(H-,56,59,60,61)/b11-9-,17-15-,23-21-,29-27-,32-30+,35-33-,40-38+,48-46+. The summed E-state index contributed by atoms with van der Waals surface area (Å²) >= 11 is 0. The van der Waals surface area contributed by atoms with Gasteiger partial charge in [0, 0.05) is 6.42 Å². The summed E-state index contributed by atoms with van der Waals surface area (Å²) in [6.07, 6.45) is 64.7. The summed E-state index contributed by atoms with van der Waals surface area (Å²) < 4.78 is 23.2. The summed E-state index contributed by atoms with van der Waals surface area (Å²) in [4.78, 5) is 25.4. The Morgan fingerprint density at radius 3 is 1.45 bits per heavy atom. The van der Waals surface area contributed by atoms with Crippen LogP contribution in [0.3, 0.4) is 0 Å². The quantitative estimate of drug-likeness (QED) is 0.0273. The van der Waals surface area contributed by atoms with Crippen LogP contribution in [0.2, 0.25) is 0 Å². The van der Waals surface area contributed by atoms with Crippen LogP contribution in [0.25, 0.3) is 0 Å². The minimum absolute atomic E-state index is 0.0185. The van der Waals surface area contributed by atoms with Gasteiger partial charge in [-0.25, -0.2) is 0 Å². The zero-order valence-electron chi connectivity index (χ0n) is 41.7. The van der Waals surface area contributed by atoms with Gasteiger partial charge >= 0.3 is 0 Å². The molecule has 2 N–H and O–H groups in total. The topological polar surface area (TPSA) is 108 Å². The fourth-order valence-corrected chi connectivity index (χ4v) is 7.46. The first kappa shape index (κ1) is 61.4. The third kappa shape index (κ3) is 47.4. The summed E-state index contributed by atoms with van der Waals surface area (Å²) in [6.45, 7) is 4.48. The number of hydrogen-bond donors (Lipinski definition) is 2. The molecule has 0 aliphatic heterocycles. The number of allylic oxidation sites excluding steroid dienone is 15. The second kappa shape index (κ2) is 45.6. The summed E-state index contributed by atoms with van der Waals surface area (Å²) in [5.41, 5.74) is 0. The monoisotopic (exact) mass is 913 g/mol. The average Bonchev–Trinajstić information content (AvgIpc) is 3.25. The van der Waals surface area contributed by atoms with E-state index >= 15 is 0 Å². The highest BCUT2D eigenvalue weighted by molar-refractivity contribution is 7.45. The Balaban J connectivity index is 4.47. The van der Waals surface area contributed by atoms with Crippen molar-refractivity contribution < 1.29 is 32.9 Å². The number of likely N-dealkylation sites (N-methyl/N-ethyl adjacent to an activating group) is 1. The van der Waals surface area contributed by atoms with E-state index in [9.17, 15) is 19.4 Å². The molecule has 0 saturated heterocycles. The van der Waals surface area contributed by atoms with Crippen molar-refractivity contribution in [3.05, 3.63) is 97.2 Å². The van der Waals surface area contributed by atoms with Crippen molar-refractivity contribution in [2.24, 2.45) is 0 Å². The van der Waals surface area contributed by atoms with Crippen molar-refractivity contribution in [1.29, 1.82) is 0 Å². The lowest BCUT2D eigenvalue weighted by Crippen LogP contribution is -2.45. The first-order valence-electron chi connectivity index (χ1n) is 25.6. The number of nitrogens with one attached hydrogen (secondary N) is 1. The number of aliphatic hydroxyl groups excluding tert-OH is 1. The predicted molar refractivity (Wildman–Crippen MR) is 274 cm³/mol. The Morgan fingerprint density at radius 1 is 0.562 bits per heavy atom. The average molecular weight is 913 g/mol. The number of quaternary nitrogens is 1. The van der Waals surface area contributed by atoms with Crippen LogP contribution < -0.4 is 10.2 Å². The highest BCUT2D eigenvalue weighted by atomic mass is 31.2. The van der Waals surface area contributed by atoms with E-state index in [2.05, 4.69) is 104 Å². The van der Waals surface area contributed by atoms with Gasteiger partial charge in [-0.2, -0.15) is 0 Å². The maximum absolute atomic E-state index is 12.9. The van der Waals surface area contributed by atoms with Crippen molar-refractivity contribution in [2.75, 3.05) is 40.9 Å². The Kier molecular flexibility index (Phi) is 43.7. The van der Waals surface area contributed by atoms with Crippen LogP contribution in [0.5, 0.6) is 0 Å². The molecule has 0 aromatic heterocycles. The molecule has 0 heterocycles. The molecule has 0 aromatic carbocycles. The second-order valence-electron chi connectivity index (χ2n) is 18.1. The van der Waals surface area contributed by atoms with Gasteiger partial charge in [0.2, 0.25) is 5.91 Å². The number of carbonyl (C=O) groups is 1. The first-order valence-corrected chi connectivity index (χ1v) is 27.1. The van der Waals surface area contributed by atoms with Gasteiger partial charge in [0.05, 0.1) is 39.9 Å². The molecule has 0 bridgehead atoms. The van der Waals surface area contributed by atoms with E-state index in [4.69, 9.17) is 9.05 Å². The smallest absolute Gasteiger partial charge is 0.268 e. The highest BCUT2D eigenvalue weighted by Crippen LogP contribution is 2.38. The van der Waals surface area contributed by atoms with Crippen molar-refractivity contribution in [3.63, 3.8) is 0 Å². The molecule has 64 heavy (non-hydrogen) atoms. The third-order valence-electron chi connectivity index (χ3n) is 10.8. The number of phosphoric acid groups is 1. The number of hydrogen-bond acceptors (Lipinski definition) is 6. The number of amides is 1. The number of rotatable bonds is 45. The molecule has 8 nitrogen and oxygen atoms in total. The molecule has 0 aliphatic carbocycles. The maximum atomic E-state index is 12.9. The Morgan fingerprint density at radius 2 is 0.969 bits per heavy atom. The van der Waals surface area contributed by atoms with Crippen LogP contribution in [0.1, 0.15) is 194 Å². The molecular formula is C55H97N2O6P. The van der Waals surface area contributed by atoms with Crippen LogP contribution in [0, 0.1) is 0 Å². The summed E-state index contributed by atoms with van der Waals surface area (Å²) in [6, 6.07) is -0.927. The van der Waals surface area contributed by atoms with E-state index in [0.29, 0.717) is 17.4 Å². The SMILES string of the molecule is CC/C=C\C/C=C\C/C=C\C/C=C\C/C=C\CCCCCCCC(=O)NC(COP(=O)([O-])OCC[N+](C)(C)C)C(O)/C=C/CC/C=C/CC/C=C/CCCCCCCCCCCCC. The number of unbranched alkanes of at least 4 members (excludes halogenated alkanes) is 18. The van der Waals surface area contributed by atoms with Gasteiger partial charge in [-0.3, -0.25) is 9.36 Å². The minimum atomic E-state index is -4.62. The molecule has 0 aromatic rings. The summed E-state index contributed by atoms with van der Waals surface area (Å²) in [7, 11) is 1.20. The van der Waals surface area contributed by atoms with Crippen LogP contribution in [0.15, 0.2) is 97.2 Å². The molecule has 3 atom stereocenters. The van der Waals surface area contributed by atoms with E-state index in [1.807, 2.05) is 27.2 Å². The normalized spacial score (nSPS) is 14.9. The molecule has 0 rings (SSSR count). The van der Waals surface area contributed by atoms with Gasteiger partial charge in [0.25, 0.3) is 7.82 Å². The lowest BCUT2D eigenvalue weighted by atomic mass is 10.1. The zero-order chi connectivity index (χ0) is 47.1. The third-order valence-corrected chi connectivity index (χ3v) is 11.7. The van der Waals surface area contributed by atoms with Gasteiger partial charge in [-0.15, -0.1) is 0 Å². The first-order chi connectivity index (χ1) is 31.0. The molecule has 0 spiro atoms. The summed E-state index contributed by atoms with van der Waals surface area (Å²) in [5.74, 6) is -0.234. The van der Waals surface area contributed by atoms with Crippen molar-refractivity contribution in [2.45, 2.75) is 206 Å². The van der Waals surface area contributed by atoms with E-state index in [0.717, 1.165) is 96.3 Å². The van der Waals surface area contributed by atoms with E-state index < -0.39 is 26.6 Å². The van der Waals surface area contributed by atoms with Crippen LogP contribution in [-0.4, -0.2) is 68.5 Å². The minimum Gasteiger partial charge on any atom is -0.756 e. The Hall–Kier alpha value is -2.58. The van der Waals surface area contributed by atoms with Crippen LogP contribution >= 0.6 is 7.82 Å². The molecule has 0 saturated carbocycles. The lowest BCUT2D eigenvalue weighted by Gasteiger charge is -2.29. The van der Waals surface area contributed by atoms with E-state index in [-0.39, 0.29) is 12.5 Å². The van der Waals surface area contributed by atoms with E-state index in [1.165, 1.54) is 77.0 Å². The van der Waals surface area contributed by atoms with E-state index in [1.54, 1.807) is 6.08 Å². The molecule has 0 aliphatic rings. The van der Waals surface area contributed by atoms with Gasteiger partial charge in [0.1, 0.15) is 13.2 Å². The second-order valence-corrected chi connectivity index (χ2v) is 19.5. The number of phosphoric ester groups is 1. The van der Waals surface area contributed by atoms with Crippen molar-refractivity contribution in [1.82, 2.24) is 5.32 Å². The lowest BCUT2D eigenvalue weighted by molar-refractivity contribution is -0.870. The Labute approximate surface area is 394 Å². The highest BCUT2D eigenvalue weighted by Gasteiger charge is 2.23. The Bertz CT molecular complexity index is 1360. The maximum Gasteiger partial charge on any atom is 0.268 e. The van der Waals surface area contributed by atoms with Gasteiger partial charge in [-0.1, -0.05) is 195 Å². The van der Waals surface area contributed by atoms with Crippen molar-refractivity contribution >= 4 is 13.7 Å². The van der Waals surface area contributed by atoms with Crippen LogP contribution in [-0.2, 0) is 18.4 Å². The zero-order valence-corrected chi connectivity index (χ0v) is 42.6. The van der Waals surface area contributed by atoms with Crippen LogP contribution in [0.4, 0.5) is 0 Å². The van der Waals surface area contributed by atoms with Gasteiger partial charge in [-0.05, 0) is 89.9 Å². The largest absolute Gasteiger partial charge is 0.756 e. The molecule has 3 unspecified atom stereocenters.